The van der Waals surface area contributed by atoms with Gasteiger partial charge < -0.3 is 9.47 Å². The van der Waals surface area contributed by atoms with Crippen LogP contribution < -0.4 is 4.74 Å². The van der Waals surface area contributed by atoms with Crippen LogP contribution in [-0.4, -0.2) is 79.7 Å². The molecule has 0 aliphatic carbocycles. The van der Waals surface area contributed by atoms with Gasteiger partial charge in [0.1, 0.15) is 5.75 Å². The van der Waals surface area contributed by atoms with Crippen molar-refractivity contribution in [2.75, 3.05) is 53.0 Å². The summed E-state index contributed by atoms with van der Waals surface area (Å²) in [7, 11) is 1.72. The highest BCUT2D eigenvalue weighted by atomic mass is 16.5. The van der Waals surface area contributed by atoms with Crippen LogP contribution in [-0.2, 0) is 9.53 Å². The standard InChI is InChI=1S/C24H33N3O3/c1-17-21-14-22(25-15-20(21)4-5-24(17)29-3)19-6-8-26(9-7-19)16-23(28)18(2)27-10-12-30-13-11-27/h4-5,14-15,18-19H,6-13,16H2,1-3H3/t18-/m1/s1. The average Bonchev–Trinajstić information content (AvgIpc) is 2.80. The van der Waals surface area contributed by atoms with E-state index in [4.69, 9.17) is 14.5 Å². The van der Waals surface area contributed by atoms with Crippen LogP contribution in [0.1, 0.15) is 36.9 Å². The minimum Gasteiger partial charge on any atom is -0.496 e. The minimum atomic E-state index is -0.0215. The quantitative estimate of drug-likeness (QED) is 0.728. The predicted molar refractivity (Wildman–Crippen MR) is 118 cm³/mol. The molecule has 1 aromatic heterocycles. The van der Waals surface area contributed by atoms with Crippen molar-refractivity contribution in [2.45, 2.75) is 38.6 Å². The maximum atomic E-state index is 12.8. The summed E-state index contributed by atoms with van der Waals surface area (Å²) in [6, 6.07) is 6.29. The summed E-state index contributed by atoms with van der Waals surface area (Å²) in [6.45, 7) is 9.75. The summed E-state index contributed by atoms with van der Waals surface area (Å²) in [4.78, 5) is 22.1. The number of hydrogen-bond acceptors (Lipinski definition) is 6. The summed E-state index contributed by atoms with van der Waals surface area (Å²) in [5, 5.41) is 2.37. The van der Waals surface area contributed by atoms with Crippen LogP contribution in [0.2, 0.25) is 0 Å². The molecule has 0 unspecified atom stereocenters. The van der Waals surface area contributed by atoms with Crippen LogP contribution in [0.4, 0.5) is 0 Å². The zero-order valence-electron chi connectivity index (χ0n) is 18.4. The fraction of sp³-hybridized carbons (Fsp3) is 0.583. The number of fused-ring (bicyclic) bond motifs is 1. The molecule has 0 N–H and O–H groups in total. The number of piperidine rings is 1. The van der Waals surface area contributed by atoms with E-state index in [2.05, 4.69) is 28.9 Å². The van der Waals surface area contributed by atoms with Crippen LogP contribution in [0.15, 0.2) is 24.4 Å². The maximum Gasteiger partial charge on any atom is 0.163 e. The van der Waals surface area contributed by atoms with Crippen LogP contribution in [0, 0.1) is 6.92 Å². The van der Waals surface area contributed by atoms with E-state index in [1.54, 1.807) is 7.11 Å². The number of likely N-dealkylation sites (tertiary alicyclic amines) is 1. The lowest BCUT2D eigenvalue weighted by atomic mass is 9.91. The van der Waals surface area contributed by atoms with E-state index >= 15 is 0 Å². The normalized spacial score (nSPS) is 20.4. The number of methoxy groups -OCH3 is 1. The first kappa shape index (κ1) is 21.2. The molecule has 2 saturated heterocycles. The topological polar surface area (TPSA) is 54.9 Å². The van der Waals surface area contributed by atoms with Crippen molar-refractivity contribution in [3.8, 4) is 5.75 Å². The Labute approximate surface area is 179 Å². The van der Waals surface area contributed by atoms with Crippen LogP contribution >= 0.6 is 0 Å². The number of ketones is 1. The number of aromatic nitrogens is 1. The number of nitrogens with zero attached hydrogens (tertiary/aromatic N) is 3. The number of benzene rings is 1. The lowest BCUT2D eigenvalue weighted by Gasteiger charge is -2.35. The van der Waals surface area contributed by atoms with Gasteiger partial charge in [-0.15, -0.1) is 0 Å². The monoisotopic (exact) mass is 411 g/mol. The molecule has 2 aliphatic rings. The number of rotatable bonds is 6. The number of pyridine rings is 1. The summed E-state index contributed by atoms with van der Waals surface area (Å²) >= 11 is 0. The van der Waals surface area contributed by atoms with Crippen LogP contribution in [0.25, 0.3) is 10.8 Å². The fourth-order valence-corrected chi connectivity index (χ4v) is 4.72. The van der Waals surface area contributed by atoms with Gasteiger partial charge in [0.15, 0.2) is 5.78 Å². The molecule has 2 aliphatic heterocycles. The molecule has 4 rings (SSSR count). The van der Waals surface area contributed by atoms with Gasteiger partial charge in [-0.1, -0.05) is 0 Å². The number of hydrogen-bond donors (Lipinski definition) is 0. The fourth-order valence-electron chi connectivity index (χ4n) is 4.72. The number of Topliss-reactive ketones (excluding diaryl/α,β-unsaturated/α-hetero) is 1. The Morgan fingerprint density at radius 3 is 2.67 bits per heavy atom. The smallest absolute Gasteiger partial charge is 0.163 e. The van der Waals surface area contributed by atoms with Gasteiger partial charge in [-0.05, 0) is 68.9 Å². The Balaban J connectivity index is 1.36. The highest BCUT2D eigenvalue weighted by Crippen LogP contribution is 2.32. The Kier molecular flexibility index (Phi) is 6.66. The first-order valence-corrected chi connectivity index (χ1v) is 11.1. The van der Waals surface area contributed by atoms with E-state index in [1.807, 2.05) is 19.2 Å². The number of aryl methyl sites for hydroxylation is 1. The Morgan fingerprint density at radius 2 is 1.97 bits per heavy atom. The van der Waals surface area contributed by atoms with Crippen molar-refractivity contribution in [2.24, 2.45) is 0 Å². The second kappa shape index (κ2) is 9.41. The summed E-state index contributed by atoms with van der Waals surface area (Å²) in [5.74, 6) is 1.69. The molecule has 2 aromatic rings. The second-order valence-corrected chi connectivity index (χ2v) is 8.56. The third-order valence-corrected chi connectivity index (χ3v) is 6.81. The van der Waals surface area contributed by atoms with Crippen molar-refractivity contribution in [3.63, 3.8) is 0 Å². The van der Waals surface area contributed by atoms with Crippen molar-refractivity contribution in [1.82, 2.24) is 14.8 Å². The van der Waals surface area contributed by atoms with E-state index in [9.17, 15) is 4.79 Å². The van der Waals surface area contributed by atoms with Gasteiger partial charge in [-0.3, -0.25) is 19.6 Å². The zero-order valence-corrected chi connectivity index (χ0v) is 18.4. The zero-order chi connectivity index (χ0) is 21.1. The second-order valence-electron chi connectivity index (χ2n) is 8.56. The van der Waals surface area contributed by atoms with Gasteiger partial charge >= 0.3 is 0 Å². The lowest BCUT2D eigenvalue weighted by Crippen LogP contribution is -2.49. The first-order valence-electron chi connectivity index (χ1n) is 11.1. The molecule has 162 valence electrons. The average molecular weight is 412 g/mol. The molecule has 0 saturated carbocycles. The van der Waals surface area contributed by atoms with E-state index in [0.717, 1.165) is 69.1 Å². The first-order chi connectivity index (χ1) is 14.6. The molecule has 2 fully saturated rings. The molecule has 0 bridgehead atoms. The van der Waals surface area contributed by atoms with Gasteiger partial charge in [-0.2, -0.15) is 0 Å². The van der Waals surface area contributed by atoms with Gasteiger partial charge in [0.25, 0.3) is 0 Å². The summed E-state index contributed by atoms with van der Waals surface area (Å²) in [5.41, 5.74) is 2.32. The molecular weight excluding hydrogens is 378 g/mol. The molecule has 0 radical (unpaired) electrons. The molecule has 30 heavy (non-hydrogen) atoms. The molecule has 1 aromatic carbocycles. The molecule has 6 heteroatoms. The number of carbonyl (C=O) groups excluding carboxylic acids is 1. The van der Waals surface area contributed by atoms with Crippen molar-refractivity contribution in [1.29, 1.82) is 0 Å². The number of morpholine rings is 1. The van der Waals surface area contributed by atoms with Crippen LogP contribution in [0.3, 0.4) is 0 Å². The number of ether oxygens (including phenoxy) is 2. The highest BCUT2D eigenvalue weighted by Gasteiger charge is 2.27. The van der Waals surface area contributed by atoms with Gasteiger partial charge in [0.2, 0.25) is 0 Å². The molecule has 6 nitrogen and oxygen atoms in total. The Morgan fingerprint density at radius 1 is 1.23 bits per heavy atom. The van der Waals surface area contributed by atoms with Crippen molar-refractivity contribution >= 4 is 16.6 Å². The third-order valence-electron chi connectivity index (χ3n) is 6.81. The van der Waals surface area contributed by atoms with Gasteiger partial charge in [0, 0.05) is 36.3 Å². The van der Waals surface area contributed by atoms with Crippen molar-refractivity contribution < 1.29 is 14.3 Å². The SMILES string of the molecule is COc1ccc2cnc(C3CCN(CC(=O)[C@@H](C)N4CCOCC4)CC3)cc2c1C. The van der Waals surface area contributed by atoms with Gasteiger partial charge in [-0.25, -0.2) is 0 Å². The van der Waals surface area contributed by atoms with E-state index < -0.39 is 0 Å². The third kappa shape index (κ3) is 4.51. The van der Waals surface area contributed by atoms with Crippen molar-refractivity contribution in [3.05, 3.63) is 35.7 Å². The Bertz CT molecular complexity index is 887. The van der Waals surface area contributed by atoms with Crippen LogP contribution in [0.5, 0.6) is 5.75 Å². The largest absolute Gasteiger partial charge is 0.496 e. The van der Waals surface area contributed by atoms with Gasteiger partial charge in [0.05, 0.1) is 32.9 Å². The summed E-state index contributed by atoms with van der Waals surface area (Å²) < 4.78 is 10.9. The molecule has 3 heterocycles. The summed E-state index contributed by atoms with van der Waals surface area (Å²) in [6.07, 6.45) is 4.07. The van der Waals surface area contributed by atoms with E-state index in [1.165, 1.54) is 10.9 Å². The number of carbonyl (C=O) groups is 1. The van der Waals surface area contributed by atoms with E-state index in [0.29, 0.717) is 18.2 Å². The molecule has 0 spiro atoms. The molecule has 0 amide bonds. The highest BCUT2D eigenvalue weighted by molar-refractivity contribution is 5.87. The molecule has 1 atom stereocenters. The lowest BCUT2D eigenvalue weighted by molar-refractivity contribution is -0.126. The minimum absolute atomic E-state index is 0.0215. The predicted octanol–water partition coefficient (Wildman–Crippen LogP) is 3.02. The maximum absolute atomic E-state index is 12.8. The van der Waals surface area contributed by atoms with E-state index in [-0.39, 0.29) is 6.04 Å². The Hall–Kier alpha value is -2.02. The molecular formula is C24H33N3O3.